The number of nitrogens with one attached hydrogen (secondary N) is 2. The van der Waals surface area contributed by atoms with Crippen LogP contribution in [0, 0.1) is 5.82 Å². The van der Waals surface area contributed by atoms with Crippen molar-refractivity contribution in [1.29, 1.82) is 0 Å². The average molecular weight is 376 g/mol. The minimum atomic E-state index is -0.197. The lowest BCUT2D eigenvalue weighted by Crippen LogP contribution is -2.51. The van der Waals surface area contributed by atoms with E-state index in [0.717, 1.165) is 66.7 Å². The number of pyridine rings is 1. The summed E-state index contributed by atoms with van der Waals surface area (Å²) in [5, 5.41) is 4.52. The molecule has 142 valence electrons. The molecule has 4 heterocycles. The molecule has 0 aliphatic carbocycles. The van der Waals surface area contributed by atoms with Gasteiger partial charge in [-0.05, 0) is 42.5 Å². The summed E-state index contributed by atoms with van der Waals surface area (Å²) < 4.78 is 13.1. The van der Waals surface area contributed by atoms with Crippen molar-refractivity contribution in [2.45, 2.75) is 0 Å². The van der Waals surface area contributed by atoms with Gasteiger partial charge in [-0.2, -0.15) is 0 Å². The van der Waals surface area contributed by atoms with E-state index in [1.807, 2.05) is 24.4 Å². The maximum Gasteiger partial charge on any atom is 0.199 e. The van der Waals surface area contributed by atoms with Gasteiger partial charge in [0.25, 0.3) is 0 Å². The van der Waals surface area contributed by atoms with Gasteiger partial charge in [0.1, 0.15) is 11.5 Å². The zero-order valence-electron chi connectivity index (χ0n) is 15.4. The Balaban J connectivity index is 1.27. The summed E-state index contributed by atoms with van der Waals surface area (Å²) in [6.07, 6.45) is 5.86. The highest BCUT2D eigenvalue weighted by molar-refractivity contribution is 5.89. The maximum atomic E-state index is 13.1. The van der Waals surface area contributed by atoms with Gasteiger partial charge in [0.05, 0.1) is 12.2 Å². The SMILES string of the molecule is Fc1ccc(N2CCN(C3=N/C(=C\c4c[nH]c5ncccc45)CN3)CC2)cc1. The van der Waals surface area contributed by atoms with Crippen molar-refractivity contribution < 1.29 is 4.39 Å². The Labute approximate surface area is 162 Å². The first-order valence-electron chi connectivity index (χ1n) is 9.47. The van der Waals surface area contributed by atoms with Gasteiger partial charge in [-0.25, -0.2) is 14.4 Å². The van der Waals surface area contributed by atoms with Crippen LogP contribution in [0.2, 0.25) is 0 Å². The number of nitrogens with zero attached hydrogens (tertiary/aromatic N) is 4. The van der Waals surface area contributed by atoms with Crippen LogP contribution >= 0.6 is 0 Å². The number of H-pyrrole nitrogens is 1. The van der Waals surface area contributed by atoms with Gasteiger partial charge in [0.2, 0.25) is 0 Å². The van der Waals surface area contributed by atoms with Crippen LogP contribution in [0.3, 0.4) is 0 Å². The number of hydrogen-bond acceptors (Lipinski definition) is 5. The van der Waals surface area contributed by atoms with Crippen molar-refractivity contribution in [2.24, 2.45) is 4.99 Å². The van der Waals surface area contributed by atoms with Gasteiger partial charge in [-0.15, -0.1) is 0 Å². The largest absolute Gasteiger partial charge is 0.368 e. The van der Waals surface area contributed by atoms with Crippen LogP contribution in [-0.4, -0.2) is 53.6 Å². The number of piperazine rings is 1. The second-order valence-electron chi connectivity index (χ2n) is 7.02. The van der Waals surface area contributed by atoms with Gasteiger partial charge >= 0.3 is 0 Å². The molecular weight excluding hydrogens is 355 g/mol. The van der Waals surface area contributed by atoms with Gasteiger partial charge in [-0.3, -0.25) is 0 Å². The van der Waals surface area contributed by atoms with Gasteiger partial charge < -0.3 is 20.1 Å². The predicted octanol–water partition coefficient (Wildman–Crippen LogP) is 2.82. The number of aromatic amines is 1. The molecule has 0 amide bonds. The highest BCUT2D eigenvalue weighted by atomic mass is 19.1. The first-order chi connectivity index (χ1) is 13.8. The Kier molecular flexibility index (Phi) is 4.20. The first-order valence-corrected chi connectivity index (χ1v) is 9.47. The smallest absolute Gasteiger partial charge is 0.199 e. The molecule has 0 spiro atoms. The minimum absolute atomic E-state index is 0.197. The van der Waals surface area contributed by atoms with E-state index in [-0.39, 0.29) is 5.82 Å². The number of aliphatic imine (C=N–C) groups is 1. The van der Waals surface area contributed by atoms with Crippen LogP contribution in [0.4, 0.5) is 10.1 Å². The molecule has 1 saturated heterocycles. The van der Waals surface area contributed by atoms with Crippen molar-refractivity contribution in [3.8, 4) is 0 Å². The van der Waals surface area contributed by atoms with Crippen LogP contribution in [-0.2, 0) is 0 Å². The lowest BCUT2D eigenvalue weighted by atomic mass is 10.2. The summed E-state index contributed by atoms with van der Waals surface area (Å²) in [5.41, 5.74) is 4.07. The molecule has 0 radical (unpaired) electrons. The quantitative estimate of drug-likeness (QED) is 0.722. The second kappa shape index (κ2) is 6.99. The molecule has 6 nitrogen and oxygen atoms in total. The van der Waals surface area contributed by atoms with Crippen molar-refractivity contribution >= 4 is 28.8 Å². The van der Waals surface area contributed by atoms with Crippen molar-refractivity contribution in [3.63, 3.8) is 0 Å². The number of hydrogen-bond donors (Lipinski definition) is 2. The number of guanidine groups is 1. The molecule has 7 heteroatoms. The second-order valence-corrected chi connectivity index (χ2v) is 7.02. The number of fused-ring (bicyclic) bond motifs is 1. The Morgan fingerprint density at radius 3 is 2.61 bits per heavy atom. The van der Waals surface area contributed by atoms with E-state index in [0.29, 0.717) is 0 Å². The zero-order chi connectivity index (χ0) is 18.9. The normalized spacial score (nSPS) is 18.6. The lowest BCUT2D eigenvalue weighted by Gasteiger charge is -2.36. The van der Waals surface area contributed by atoms with Crippen LogP contribution in [0.1, 0.15) is 5.56 Å². The van der Waals surface area contributed by atoms with E-state index >= 15 is 0 Å². The third-order valence-electron chi connectivity index (χ3n) is 5.25. The standard InChI is InChI=1S/C21H21FN6/c22-16-3-5-18(6-4-16)27-8-10-28(11-9-27)21-25-14-17(26-21)12-15-13-24-20-19(15)2-1-7-23-20/h1-7,12-13H,8-11,14H2,(H,23,24)(H,25,26)/b17-12-. The molecule has 1 aromatic carbocycles. The number of aromatic nitrogens is 2. The summed E-state index contributed by atoms with van der Waals surface area (Å²) in [6, 6.07) is 10.7. The molecule has 1 fully saturated rings. The Hall–Kier alpha value is -3.35. The fourth-order valence-corrected chi connectivity index (χ4v) is 3.75. The molecular formula is C21H21FN6. The first kappa shape index (κ1) is 16.8. The van der Waals surface area contributed by atoms with Gasteiger partial charge in [0, 0.05) is 55.2 Å². The summed E-state index contributed by atoms with van der Waals surface area (Å²) in [7, 11) is 0. The number of anilines is 1. The zero-order valence-corrected chi connectivity index (χ0v) is 15.4. The number of halogens is 1. The summed E-state index contributed by atoms with van der Waals surface area (Å²) in [4.78, 5) is 16.9. The van der Waals surface area contributed by atoms with Crippen LogP contribution in [0.15, 0.2) is 59.5 Å². The van der Waals surface area contributed by atoms with Gasteiger partial charge in [0.15, 0.2) is 5.96 Å². The lowest BCUT2D eigenvalue weighted by molar-refractivity contribution is 0.377. The number of benzene rings is 1. The highest BCUT2D eigenvalue weighted by Gasteiger charge is 2.23. The van der Waals surface area contributed by atoms with E-state index in [9.17, 15) is 4.39 Å². The van der Waals surface area contributed by atoms with Crippen LogP contribution in [0.25, 0.3) is 17.1 Å². The van der Waals surface area contributed by atoms with E-state index in [1.165, 1.54) is 12.1 Å². The summed E-state index contributed by atoms with van der Waals surface area (Å²) in [6.45, 7) is 4.26. The molecule has 0 saturated carbocycles. The molecule has 0 bridgehead atoms. The summed E-state index contributed by atoms with van der Waals surface area (Å²) in [5.74, 6) is 0.736. The molecule has 0 atom stereocenters. The Bertz CT molecular complexity index is 1040. The molecule has 2 aliphatic heterocycles. The third-order valence-corrected chi connectivity index (χ3v) is 5.25. The Morgan fingerprint density at radius 1 is 1.00 bits per heavy atom. The molecule has 2 aliphatic rings. The van der Waals surface area contributed by atoms with Crippen molar-refractivity contribution in [3.05, 3.63) is 65.9 Å². The van der Waals surface area contributed by atoms with Crippen molar-refractivity contribution in [2.75, 3.05) is 37.6 Å². The topological polar surface area (TPSA) is 59.5 Å². The van der Waals surface area contributed by atoms with E-state index in [1.54, 1.807) is 6.20 Å². The van der Waals surface area contributed by atoms with E-state index in [2.05, 4.69) is 37.2 Å². The molecule has 28 heavy (non-hydrogen) atoms. The predicted molar refractivity (Wildman–Crippen MR) is 110 cm³/mol. The van der Waals surface area contributed by atoms with E-state index in [4.69, 9.17) is 4.99 Å². The minimum Gasteiger partial charge on any atom is -0.368 e. The molecule has 2 aromatic heterocycles. The highest BCUT2D eigenvalue weighted by Crippen LogP contribution is 2.21. The fourth-order valence-electron chi connectivity index (χ4n) is 3.75. The van der Waals surface area contributed by atoms with Crippen LogP contribution < -0.4 is 10.2 Å². The van der Waals surface area contributed by atoms with Crippen molar-refractivity contribution in [1.82, 2.24) is 20.2 Å². The molecule has 3 aromatic rings. The molecule has 2 N–H and O–H groups in total. The number of rotatable bonds is 2. The molecule has 0 unspecified atom stereocenters. The maximum absolute atomic E-state index is 13.1. The Morgan fingerprint density at radius 2 is 1.79 bits per heavy atom. The molecule has 5 rings (SSSR count). The van der Waals surface area contributed by atoms with Gasteiger partial charge in [-0.1, -0.05) is 0 Å². The third kappa shape index (κ3) is 3.19. The summed E-state index contributed by atoms with van der Waals surface area (Å²) >= 11 is 0. The fraction of sp³-hybridized carbons (Fsp3) is 0.238. The van der Waals surface area contributed by atoms with Crippen LogP contribution in [0.5, 0.6) is 0 Å². The van der Waals surface area contributed by atoms with E-state index < -0.39 is 0 Å². The monoisotopic (exact) mass is 376 g/mol. The average Bonchev–Trinajstić information content (AvgIpc) is 3.37.